The fourth-order valence-electron chi connectivity index (χ4n) is 0.533. The Morgan fingerprint density at radius 3 is 1.62 bits per heavy atom. The third kappa shape index (κ3) is 1.85. The van der Waals surface area contributed by atoms with Gasteiger partial charge < -0.3 is 11.5 Å². The van der Waals surface area contributed by atoms with Crippen LogP contribution in [0.2, 0.25) is 0 Å². The van der Waals surface area contributed by atoms with Gasteiger partial charge in [-0.3, -0.25) is 0 Å². The van der Waals surface area contributed by atoms with E-state index in [9.17, 15) is 0 Å². The lowest BCUT2D eigenvalue weighted by Gasteiger charge is -2.21. The van der Waals surface area contributed by atoms with E-state index in [1.807, 2.05) is 0 Å². The Kier molecular flexibility index (Phi) is 2.49. The highest BCUT2D eigenvalue weighted by Crippen LogP contribution is 2.23. The summed E-state index contributed by atoms with van der Waals surface area (Å²) in [6.07, 6.45) is 0. The predicted molar refractivity (Wildman–Crippen MR) is 40.9 cm³/mol. The van der Waals surface area contributed by atoms with Crippen LogP contribution in [0.25, 0.3) is 0 Å². The van der Waals surface area contributed by atoms with Crippen LogP contribution < -0.4 is 11.5 Å². The van der Waals surface area contributed by atoms with Gasteiger partial charge in [-0.2, -0.15) is 0 Å². The van der Waals surface area contributed by atoms with Crippen molar-refractivity contribution in [3.8, 4) is 0 Å². The first-order valence-electron chi connectivity index (χ1n) is 2.53. The zero-order chi connectivity index (χ0) is 5.98. The number of hydrogen-bond acceptors (Lipinski definition) is 4. The van der Waals surface area contributed by atoms with Crippen LogP contribution in [0, 0.1) is 0 Å². The predicted octanol–water partition coefficient (Wildman–Crippen LogP) is 0.0360. The van der Waals surface area contributed by atoms with Crippen LogP contribution >= 0.6 is 23.5 Å². The summed E-state index contributed by atoms with van der Waals surface area (Å²) in [6, 6.07) is 0. The summed E-state index contributed by atoms with van der Waals surface area (Å²) in [7, 11) is 0. The minimum Gasteiger partial charge on any atom is -0.319 e. The van der Waals surface area contributed by atoms with Crippen molar-refractivity contribution in [1.29, 1.82) is 0 Å². The van der Waals surface area contributed by atoms with Crippen molar-refractivity contribution in [3.05, 3.63) is 0 Å². The van der Waals surface area contributed by atoms with Crippen LogP contribution in [0.5, 0.6) is 0 Å². The van der Waals surface area contributed by atoms with Crippen molar-refractivity contribution in [3.63, 3.8) is 0 Å². The van der Waals surface area contributed by atoms with E-state index in [4.69, 9.17) is 11.5 Å². The molecule has 1 heterocycles. The summed E-state index contributed by atoms with van der Waals surface area (Å²) in [5.41, 5.74) is 11.2. The molecule has 0 radical (unpaired) electrons. The highest BCUT2D eigenvalue weighted by Gasteiger charge is 2.14. The van der Waals surface area contributed by atoms with Crippen LogP contribution in [-0.4, -0.2) is 22.3 Å². The molecular formula is C4H10N2S2. The maximum absolute atomic E-state index is 5.58. The number of hydrogen-bond donors (Lipinski definition) is 2. The third-order valence-corrected chi connectivity index (χ3v) is 3.66. The highest BCUT2D eigenvalue weighted by atomic mass is 32.2. The highest BCUT2D eigenvalue weighted by molar-refractivity contribution is 8.07. The monoisotopic (exact) mass is 150 g/mol. The first kappa shape index (κ1) is 6.74. The van der Waals surface area contributed by atoms with Crippen molar-refractivity contribution in [2.75, 3.05) is 11.5 Å². The van der Waals surface area contributed by atoms with Crippen molar-refractivity contribution < 1.29 is 0 Å². The fraction of sp³-hybridized carbons (Fsp3) is 1.00. The molecule has 2 unspecified atom stereocenters. The molecule has 48 valence electrons. The van der Waals surface area contributed by atoms with Gasteiger partial charge in [0.15, 0.2) is 0 Å². The molecule has 0 saturated carbocycles. The van der Waals surface area contributed by atoms with Crippen LogP contribution in [0.3, 0.4) is 0 Å². The zero-order valence-corrected chi connectivity index (χ0v) is 6.17. The maximum Gasteiger partial charge on any atom is 0.0600 e. The molecule has 2 atom stereocenters. The molecule has 1 rings (SSSR count). The first-order valence-corrected chi connectivity index (χ1v) is 4.63. The topological polar surface area (TPSA) is 52.0 Å². The summed E-state index contributed by atoms with van der Waals surface area (Å²) < 4.78 is 0. The molecule has 0 aromatic heterocycles. The fourth-order valence-corrected chi connectivity index (χ4v) is 2.65. The van der Waals surface area contributed by atoms with E-state index < -0.39 is 0 Å². The summed E-state index contributed by atoms with van der Waals surface area (Å²) in [5.74, 6) is 2.01. The van der Waals surface area contributed by atoms with Gasteiger partial charge in [-0.15, -0.1) is 23.5 Å². The molecular weight excluding hydrogens is 140 g/mol. The van der Waals surface area contributed by atoms with E-state index in [-0.39, 0.29) is 0 Å². The van der Waals surface area contributed by atoms with E-state index in [1.165, 1.54) is 0 Å². The zero-order valence-electron chi connectivity index (χ0n) is 4.54. The lowest BCUT2D eigenvalue weighted by molar-refractivity contribution is 0.982. The summed E-state index contributed by atoms with van der Waals surface area (Å²) >= 11 is 3.52. The second kappa shape index (κ2) is 2.96. The van der Waals surface area contributed by atoms with Gasteiger partial charge in [0.2, 0.25) is 0 Å². The van der Waals surface area contributed by atoms with E-state index in [2.05, 4.69) is 0 Å². The summed E-state index contributed by atoms with van der Waals surface area (Å²) in [4.78, 5) is 0. The molecule has 8 heavy (non-hydrogen) atoms. The molecule has 1 aliphatic rings. The van der Waals surface area contributed by atoms with Gasteiger partial charge in [-0.25, -0.2) is 0 Å². The first-order chi connectivity index (χ1) is 3.79. The Labute approximate surface area is 57.8 Å². The Balaban J connectivity index is 2.19. The minimum atomic E-state index is 0.319. The molecule has 0 aromatic rings. The van der Waals surface area contributed by atoms with Gasteiger partial charge in [0.25, 0.3) is 0 Å². The molecule has 1 aliphatic heterocycles. The molecule has 1 saturated heterocycles. The van der Waals surface area contributed by atoms with E-state index in [0.717, 1.165) is 11.5 Å². The van der Waals surface area contributed by atoms with Gasteiger partial charge in [0.1, 0.15) is 0 Å². The van der Waals surface area contributed by atoms with Gasteiger partial charge in [-0.1, -0.05) is 0 Å². The van der Waals surface area contributed by atoms with Gasteiger partial charge in [-0.05, 0) is 0 Å². The van der Waals surface area contributed by atoms with Gasteiger partial charge in [0, 0.05) is 11.5 Å². The molecule has 0 aromatic carbocycles. The Morgan fingerprint density at radius 1 is 1.00 bits per heavy atom. The molecule has 4 heteroatoms. The van der Waals surface area contributed by atoms with Crippen molar-refractivity contribution >= 4 is 23.5 Å². The molecule has 0 bridgehead atoms. The van der Waals surface area contributed by atoms with Gasteiger partial charge in [0.05, 0.1) is 10.7 Å². The van der Waals surface area contributed by atoms with E-state index in [1.54, 1.807) is 23.5 Å². The molecule has 0 amide bonds. The lowest BCUT2D eigenvalue weighted by atomic mass is 10.8. The van der Waals surface area contributed by atoms with Gasteiger partial charge >= 0.3 is 0 Å². The molecule has 0 spiro atoms. The third-order valence-electron chi connectivity index (χ3n) is 0.949. The van der Waals surface area contributed by atoms with Crippen LogP contribution in [-0.2, 0) is 0 Å². The van der Waals surface area contributed by atoms with Crippen LogP contribution in [0.4, 0.5) is 0 Å². The SMILES string of the molecule is NC1CSC(N)CS1. The molecule has 2 nitrogen and oxygen atoms in total. The average molecular weight is 150 g/mol. The Bertz CT molecular complexity index is 60.4. The van der Waals surface area contributed by atoms with Crippen molar-refractivity contribution in [2.45, 2.75) is 10.7 Å². The largest absolute Gasteiger partial charge is 0.319 e. The normalized spacial score (nSPS) is 39.8. The number of rotatable bonds is 0. The minimum absolute atomic E-state index is 0.319. The van der Waals surface area contributed by atoms with Crippen LogP contribution in [0.15, 0.2) is 0 Å². The van der Waals surface area contributed by atoms with Crippen molar-refractivity contribution in [2.24, 2.45) is 11.5 Å². The maximum atomic E-state index is 5.58. The number of thioether (sulfide) groups is 2. The number of nitrogens with two attached hydrogens (primary N) is 2. The van der Waals surface area contributed by atoms with E-state index >= 15 is 0 Å². The molecule has 4 N–H and O–H groups in total. The summed E-state index contributed by atoms with van der Waals surface area (Å²) in [6.45, 7) is 0. The second-order valence-corrected chi connectivity index (χ2v) is 4.29. The second-order valence-electron chi connectivity index (χ2n) is 1.74. The quantitative estimate of drug-likeness (QED) is 0.512. The average Bonchev–Trinajstić information content (AvgIpc) is 1.77. The molecule has 1 fully saturated rings. The van der Waals surface area contributed by atoms with Crippen LogP contribution in [0.1, 0.15) is 0 Å². The summed E-state index contributed by atoms with van der Waals surface area (Å²) in [5, 5.41) is 0.639. The smallest absolute Gasteiger partial charge is 0.0600 e. The lowest BCUT2D eigenvalue weighted by Crippen LogP contribution is -2.32. The molecule has 0 aliphatic carbocycles. The Morgan fingerprint density at radius 2 is 1.38 bits per heavy atom. The van der Waals surface area contributed by atoms with E-state index in [0.29, 0.717) is 10.7 Å². The van der Waals surface area contributed by atoms with Crippen molar-refractivity contribution in [1.82, 2.24) is 0 Å². The Hall–Kier alpha value is 0.620. The standard InChI is InChI=1S/C4H10N2S2/c5-3-1-7-4(6)2-8-3/h3-4H,1-2,5-6H2.